The number of anilines is 1. The van der Waals surface area contributed by atoms with Gasteiger partial charge < -0.3 is 20.9 Å². The average Bonchev–Trinajstić information content (AvgIpc) is 3.41. The summed E-state index contributed by atoms with van der Waals surface area (Å²) in [5.74, 6) is 1.07. The first-order chi connectivity index (χ1) is 14.5. The highest BCUT2D eigenvalue weighted by atomic mass is 127. The molecule has 1 unspecified atom stereocenters. The minimum Gasteiger partial charge on any atom is -0.356 e. The summed E-state index contributed by atoms with van der Waals surface area (Å²) in [4.78, 5) is 31.0. The largest absolute Gasteiger partial charge is 0.356 e. The lowest BCUT2D eigenvalue weighted by Gasteiger charge is -2.21. The van der Waals surface area contributed by atoms with Crippen LogP contribution < -0.4 is 16.0 Å². The van der Waals surface area contributed by atoms with Gasteiger partial charge in [0.2, 0.25) is 11.8 Å². The van der Waals surface area contributed by atoms with Crippen molar-refractivity contribution in [2.45, 2.75) is 51.5 Å². The molecule has 7 nitrogen and oxygen atoms in total. The summed E-state index contributed by atoms with van der Waals surface area (Å²) in [6, 6.07) is 5.72. The highest BCUT2D eigenvalue weighted by molar-refractivity contribution is 14.0. The molecule has 31 heavy (non-hydrogen) atoms. The maximum absolute atomic E-state index is 12.6. The molecular weight excluding hydrogens is 529 g/mol. The van der Waals surface area contributed by atoms with Crippen molar-refractivity contribution in [3.63, 3.8) is 0 Å². The second-order valence-corrected chi connectivity index (χ2v) is 8.58. The van der Waals surface area contributed by atoms with E-state index in [0.29, 0.717) is 42.1 Å². The quantitative estimate of drug-likeness (QED) is 0.282. The Morgan fingerprint density at radius 1 is 1.23 bits per heavy atom. The molecule has 1 aliphatic heterocycles. The molecule has 1 aromatic carbocycles. The minimum atomic E-state index is -0.113. The van der Waals surface area contributed by atoms with Crippen molar-refractivity contribution in [2.24, 2.45) is 10.9 Å². The summed E-state index contributed by atoms with van der Waals surface area (Å²) in [7, 11) is 1.71. The van der Waals surface area contributed by atoms with Gasteiger partial charge in [0, 0.05) is 45.1 Å². The second-order valence-electron chi connectivity index (χ2n) is 8.18. The van der Waals surface area contributed by atoms with Crippen LogP contribution in [0.3, 0.4) is 0 Å². The Kier molecular flexibility index (Phi) is 10.3. The van der Waals surface area contributed by atoms with Crippen molar-refractivity contribution in [2.75, 3.05) is 32.0 Å². The predicted octanol–water partition coefficient (Wildman–Crippen LogP) is 3.55. The molecule has 0 spiro atoms. The Labute approximate surface area is 206 Å². The third kappa shape index (κ3) is 7.52. The van der Waals surface area contributed by atoms with E-state index in [9.17, 15) is 9.59 Å². The predicted molar refractivity (Wildman–Crippen MR) is 136 cm³/mol. The highest BCUT2D eigenvalue weighted by Gasteiger charge is 2.32. The van der Waals surface area contributed by atoms with E-state index >= 15 is 0 Å². The van der Waals surface area contributed by atoms with Gasteiger partial charge >= 0.3 is 0 Å². The molecule has 3 rings (SSSR count). The van der Waals surface area contributed by atoms with Gasteiger partial charge in [0.05, 0.1) is 10.7 Å². The van der Waals surface area contributed by atoms with Crippen LogP contribution in [0.4, 0.5) is 5.69 Å². The molecule has 2 fully saturated rings. The zero-order valence-corrected chi connectivity index (χ0v) is 21.3. The van der Waals surface area contributed by atoms with Crippen molar-refractivity contribution in [1.29, 1.82) is 0 Å². The van der Waals surface area contributed by atoms with E-state index in [1.54, 1.807) is 7.05 Å². The molecule has 2 aliphatic rings. The van der Waals surface area contributed by atoms with Crippen LogP contribution in [-0.4, -0.2) is 55.4 Å². The third-order valence-corrected chi connectivity index (χ3v) is 6.12. The van der Waals surface area contributed by atoms with Gasteiger partial charge in [-0.3, -0.25) is 14.6 Å². The fraction of sp³-hybridized carbons (Fsp3) is 0.591. The lowest BCUT2D eigenvalue weighted by molar-refractivity contribution is -0.134. The lowest BCUT2D eigenvalue weighted by Crippen LogP contribution is -2.46. The van der Waals surface area contributed by atoms with Crippen LogP contribution in [0.25, 0.3) is 0 Å². The number of carbonyl (C=O) groups excluding carboxylic acids is 2. The molecule has 0 bridgehead atoms. The first-order valence-electron chi connectivity index (χ1n) is 10.8. The summed E-state index contributed by atoms with van der Waals surface area (Å²) in [6.45, 7) is 3.91. The van der Waals surface area contributed by atoms with E-state index in [4.69, 9.17) is 11.6 Å². The van der Waals surface area contributed by atoms with E-state index in [2.05, 4.69) is 20.9 Å². The zero-order chi connectivity index (χ0) is 21.5. The Balaban J connectivity index is 0.00000341. The number of amides is 2. The number of likely N-dealkylation sites (tertiary alicyclic amines) is 1. The Morgan fingerprint density at radius 2 is 1.97 bits per heavy atom. The fourth-order valence-corrected chi connectivity index (χ4v) is 4.41. The number of hydrogen-bond donors (Lipinski definition) is 3. The van der Waals surface area contributed by atoms with E-state index in [-0.39, 0.29) is 41.8 Å². The van der Waals surface area contributed by atoms with Gasteiger partial charge in [-0.1, -0.05) is 30.5 Å². The van der Waals surface area contributed by atoms with E-state index < -0.39 is 0 Å². The van der Waals surface area contributed by atoms with Crippen molar-refractivity contribution >= 4 is 59.0 Å². The van der Waals surface area contributed by atoms with Gasteiger partial charge in [-0.15, -0.1) is 24.0 Å². The Hall–Kier alpha value is -1.55. The molecule has 1 heterocycles. The number of aryl methyl sites for hydroxylation is 1. The summed E-state index contributed by atoms with van der Waals surface area (Å²) >= 11 is 6.16. The molecule has 0 radical (unpaired) electrons. The van der Waals surface area contributed by atoms with Crippen LogP contribution >= 0.6 is 35.6 Å². The average molecular weight is 562 g/mol. The van der Waals surface area contributed by atoms with Gasteiger partial charge in [0.25, 0.3) is 0 Å². The van der Waals surface area contributed by atoms with E-state index in [1.165, 1.54) is 12.8 Å². The Morgan fingerprint density at radius 3 is 2.65 bits per heavy atom. The zero-order valence-electron chi connectivity index (χ0n) is 18.2. The van der Waals surface area contributed by atoms with Crippen molar-refractivity contribution in [1.82, 2.24) is 15.5 Å². The summed E-state index contributed by atoms with van der Waals surface area (Å²) in [6.07, 6.45) is 5.62. The number of halogens is 2. The Bertz CT molecular complexity index is 798. The van der Waals surface area contributed by atoms with E-state index in [0.717, 1.165) is 31.4 Å². The third-order valence-electron chi connectivity index (χ3n) is 5.81. The smallest absolute Gasteiger partial charge is 0.226 e. The molecule has 9 heteroatoms. The molecule has 1 aromatic rings. The van der Waals surface area contributed by atoms with Crippen LogP contribution in [0.15, 0.2) is 23.2 Å². The number of rotatable bonds is 6. The van der Waals surface area contributed by atoms with Crippen LogP contribution in [-0.2, 0) is 9.59 Å². The molecule has 3 N–H and O–H groups in total. The SMILES string of the molecule is CN=C(NCCC(=O)Nc1ccc(C)cc1Cl)NC1CCN(C(=O)C2CCCC2)C1.I. The summed E-state index contributed by atoms with van der Waals surface area (Å²) in [5, 5.41) is 9.92. The topological polar surface area (TPSA) is 85.8 Å². The monoisotopic (exact) mass is 561 g/mol. The molecule has 1 aliphatic carbocycles. The van der Waals surface area contributed by atoms with Gasteiger partial charge in [-0.05, 0) is 43.9 Å². The summed E-state index contributed by atoms with van der Waals surface area (Å²) < 4.78 is 0. The standard InChI is InChI=1S/C22H32ClN5O2.HI/c1-15-7-8-19(18(23)13-15)27-20(29)9-11-25-22(24-2)26-17-10-12-28(14-17)21(30)16-5-3-4-6-16;/h7-8,13,16-17H,3-6,9-12,14H2,1-2H3,(H,27,29)(H2,24,25,26);1H. The molecule has 0 aromatic heterocycles. The minimum absolute atomic E-state index is 0. The normalized spacial score (nSPS) is 19.1. The van der Waals surface area contributed by atoms with Crippen molar-refractivity contribution in [3.8, 4) is 0 Å². The first-order valence-corrected chi connectivity index (χ1v) is 11.2. The van der Waals surface area contributed by atoms with Crippen molar-refractivity contribution in [3.05, 3.63) is 28.8 Å². The number of nitrogens with zero attached hydrogens (tertiary/aromatic N) is 2. The van der Waals surface area contributed by atoms with Gasteiger partial charge in [0.15, 0.2) is 5.96 Å². The maximum atomic E-state index is 12.6. The number of aliphatic imine (C=N–C) groups is 1. The molecule has 1 saturated heterocycles. The highest BCUT2D eigenvalue weighted by Crippen LogP contribution is 2.28. The van der Waals surface area contributed by atoms with Gasteiger partial charge in [0.1, 0.15) is 0 Å². The van der Waals surface area contributed by atoms with Crippen LogP contribution in [0, 0.1) is 12.8 Å². The number of guanidine groups is 1. The first kappa shape index (κ1) is 25.7. The molecular formula is C22H33ClIN5O2. The number of carbonyl (C=O) groups is 2. The van der Waals surface area contributed by atoms with Crippen LogP contribution in [0.2, 0.25) is 5.02 Å². The van der Waals surface area contributed by atoms with Crippen molar-refractivity contribution < 1.29 is 9.59 Å². The molecule has 172 valence electrons. The van der Waals surface area contributed by atoms with Crippen LogP contribution in [0.1, 0.15) is 44.1 Å². The number of nitrogens with one attached hydrogen (secondary N) is 3. The molecule has 2 amide bonds. The number of benzene rings is 1. The fourth-order valence-electron chi connectivity index (χ4n) is 4.13. The van der Waals surface area contributed by atoms with Gasteiger partial charge in [-0.25, -0.2) is 0 Å². The summed E-state index contributed by atoms with van der Waals surface area (Å²) in [5.41, 5.74) is 1.66. The van der Waals surface area contributed by atoms with E-state index in [1.807, 2.05) is 30.0 Å². The number of hydrogen-bond acceptors (Lipinski definition) is 3. The lowest BCUT2D eigenvalue weighted by atomic mass is 10.1. The maximum Gasteiger partial charge on any atom is 0.226 e. The molecule has 1 saturated carbocycles. The van der Waals surface area contributed by atoms with Crippen LogP contribution in [0.5, 0.6) is 0 Å². The molecule has 1 atom stereocenters. The van der Waals surface area contributed by atoms with Gasteiger partial charge in [-0.2, -0.15) is 0 Å². The second kappa shape index (κ2) is 12.5.